The fourth-order valence-electron chi connectivity index (χ4n) is 6.05. The Bertz CT molecular complexity index is 1240. The molecule has 0 saturated heterocycles. The summed E-state index contributed by atoms with van der Waals surface area (Å²) in [6.45, 7) is 6.37. The van der Waals surface area contributed by atoms with E-state index < -0.39 is 58.0 Å². The fraction of sp³-hybridized carbons (Fsp3) is 0.519. The second kappa shape index (κ2) is 8.45. The normalized spacial score (nSPS) is 28.2. The number of likely N-dealkylation sites (N-methyl/N-ethyl adjacent to an activating group) is 1. The minimum Gasteiger partial charge on any atom is -0.508 e. The van der Waals surface area contributed by atoms with Crippen molar-refractivity contribution in [2.75, 3.05) is 14.1 Å². The number of rotatable bonds is 4. The van der Waals surface area contributed by atoms with Crippen LogP contribution < -0.4 is 5.73 Å². The molecule has 6 N–H and O–H groups in total. The minimum absolute atomic E-state index is 0.0587. The van der Waals surface area contributed by atoms with Gasteiger partial charge in [0.1, 0.15) is 22.8 Å². The van der Waals surface area contributed by atoms with E-state index in [1.165, 1.54) is 11.0 Å². The van der Waals surface area contributed by atoms with Crippen LogP contribution in [0.3, 0.4) is 0 Å². The average Bonchev–Trinajstić information content (AvgIpc) is 2.74. The Morgan fingerprint density at radius 2 is 1.81 bits per heavy atom. The van der Waals surface area contributed by atoms with Gasteiger partial charge < -0.3 is 26.2 Å². The maximum Gasteiger partial charge on any atom is 0.255 e. The molecular formula is C27H34N2O7. The third kappa shape index (κ3) is 3.72. The van der Waals surface area contributed by atoms with E-state index in [1.807, 2.05) is 6.07 Å². The zero-order chi connectivity index (χ0) is 26.9. The van der Waals surface area contributed by atoms with Crippen molar-refractivity contribution < 1.29 is 34.8 Å². The number of fused-ring (bicyclic) bond motifs is 3. The lowest BCUT2D eigenvalue weighted by Gasteiger charge is -2.50. The smallest absolute Gasteiger partial charge is 0.255 e. The number of Topliss-reactive ketones (excluding diaryl/α,β-unsaturated/α-hetero) is 2. The maximum absolute atomic E-state index is 13.8. The molecule has 9 nitrogen and oxygen atoms in total. The van der Waals surface area contributed by atoms with Crippen LogP contribution in [0.25, 0.3) is 5.76 Å². The zero-order valence-electron chi connectivity index (χ0n) is 21.3. The van der Waals surface area contributed by atoms with Gasteiger partial charge in [0.05, 0.1) is 11.6 Å². The van der Waals surface area contributed by atoms with Gasteiger partial charge >= 0.3 is 0 Å². The summed E-state index contributed by atoms with van der Waals surface area (Å²) in [6.07, 6.45) is 1.95. The number of amides is 1. The van der Waals surface area contributed by atoms with E-state index in [-0.39, 0.29) is 28.7 Å². The van der Waals surface area contributed by atoms with Crippen LogP contribution in [0, 0.1) is 17.3 Å². The van der Waals surface area contributed by atoms with Crippen LogP contribution in [-0.2, 0) is 27.2 Å². The molecule has 1 fully saturated rings. The van der Waals surface area contributed by atoms with Crippen LogP contribution in [0.5, 0.6) is 5.75 Å². The van der Waals surface area contributed by atoms with Gasteiger partial charge in [0.2, 0.25) is 5.78 Å². The molecule has 194 valence electrons. The maximum atomic E-state index is 13.8. The molecule has 1 aromatic rings. The molecule has 1 saturated carbocycles. The summed E-state index contributed by atoms with van der Waals surface area (Å²) >= 11 is 0. The summed E-state index contributed by atoms with van der Waals surface area (Å²) in [4.78, 5) is 40.5. The number of ketones is 2. The van der Waals surface area contributed by atoms with E-state index in [0.29, 0.717) is 12.8 Å². The molecule has 0 aromatic heterocycles. The van der Waals surface area contributed by atoms with Crippen LogP contribution in [-0.4, -0.2) is 68.5 Å². The predicted molar refractivity (Wildman–Crippen MR) is 132 cm³/mol. The number of aliphatic hydroxyl groups excluding tert-OH is 2. The highest BCUT2D eigenvalue weighted by atomic mass is 16.3. The summed E-state index contributed by atoms with van der Waals surface area (Å²) < 4.78 is 0. The fourth-order valence-corrected chi connectivity index (χ4v) is 6.05. The lowest BCUT2D eigenvalue weighted by molar-refractivity contribution is -0.153. The number of hydrogen-bond acceptors (Lipinski definition) is 8. The Balaban J connectivity index is 1.91. The topological polar surface area (TPSA) is 161 Å². The molecule has 1 amide bonds. The van der Waals surface area contributed by atoms with E-state index in [4.69, 9.17) is 5.73 Å². The minimum atomic E-state index is -2.62. The number of aromatic hydroxyl groups is 1. The number of carbonyl (C=O) groups excluding carboxylic acids is 3. The zero-order valence-corrected chi connectivity index (χ0v) is 21.3. The van der Waals surface area contributed by atoms with Gasteiger partial charge in [-0.05, 0) is 68.3 Å². The standard InChI is InChI=1S/C27H34N2O7/c1-26(2,3)9-8-12-6-7-16(30)18-14(12)10-13-11-15-20(29(4)5)22(32)19(25(28)35)24(34)27(15,36)23(33)17(13)21(18)31/h6-7,13,15,20,30-31,34,36H,8-11H2,1-5H3,(H2,28,35)/t13-,15-,20-,27-/m0/s1. The number of nitrogens with zero attached hydrogens (tertiary/aromatic N) is 1. The highest BCUT2D eigenvalue weighted by Crippen LogP contribution is 2.53. The molecule has 4 rings (SSSR count). The van der Waals surface area contributed by atoms with Crippen molar-refractivity contribution in [2.45, 2.75) is 58.1 Å². The van der Waals surface area contributed by atoms with Crippen molar-refractivity contribution in [3.8, 4) is 5.75 Å². The van der Waals surface area contributed by atoms with E-state index in [0.717, 1.165) is 17.5 Å². The number of aliphatic hydroxyl groups is 3. The van der Waals surface area contributed by atoms with Crippen LogP contribution in [0.1, 0.15) is 50.3 Å². The van der Waals surface area contributed by atoms with Gasteiger partial charge in [0.25, 0.3) is 5.91 Å². The van der Waals surface area contributed by atoms with Crippen molar-refractivity contribution in [1.29, 1.82) is 0 Å². The molecule has 0 heterocycles. The first-order valence-corrected chi connectivity index (χ1v) is 12.1. The van der Waals surface area contributed by atoms with Gasteiger partial charge in [-0.15, -0.1) is 0 Å². The number of phenolic OH excluding ortho intramolecular Hbond substituents is 1. The van der Waals surface area contributed by atoms with Crippen molar-refractivity contribution in [3.63, 3.8) is 0 Å². The molecule has 0 unspecified atom stereocenters. The molecule has 4 atom stereocenters. The number of aryl methyl sites for hydroxylation is 1. The molecular weight excluding hydrogens is 464 g/mol. The Labute approximate surface area is 209 Å². The Kier molecular flexibility index (Phi) is 6.08. The lowest BCUT2D eigenvalue weighted by atomic mass is 9.57. The van der Waals surface area contributed by atoms with Gasteiger partial charge in [-0.2, -0.15) is 0 Å². The van der Waals surface area contributed by atoms with Gasteiger partial charge in [0, 0.05) is 11.5 Å². The number of primary amides is 1. The van der Waals surface area contributed by atoms with Crippen LogP contribution in [0.15, 0.2) is 29.0 Å². The highest BCUT2D eigenvalue weighted by Gasteiger charge is 2.64. The summed E-state index contributed by atoms with van der Waals surface area (Å²) in [6, 6.07) is 2.20. The van der Waals surface area contributed by atoms with Crippen molar-refractivity contribution in [1.82, 2.24) is 4.90 Å². The third-order valence-electron chi connectivity index (χ3n) is 7.85. The first-order valence-electron chi connectivity index (χ1n) is 12.1. The van der Waals surface area contributed by atoms with Crippen LogP contribution >= 0.6 is 0 Å². The van der Waals surface area contributed by atoms with Crippen LogP contribution in [0.2, 0.25) is 0 Å². The predicted octanol–water partition coefficient (Wildman–Crippen LogP) is 1.94. The molecule has 36 heavy (non-hydrogen) atoms. The second-order valence-corrected chi connectivity index (χ2v) is 11.6. The van der Waals surface area contributed by atoms with Crippen molar-refractivity contribution in [2.24, 2.45) is 23.0 Å². The molecule has 3 aliphatic rings. The third-order valence-corrected chi connectivity index (χ3v) is 7.85. The molecule has 0 bridgehead atoms. The first-order chi connectivity index (χ1) is 16.6. The Morgan fingerprint density at radius 3 is 2.36 bits per heavy atom. The second-order valence-electron chi connectivity index (χ2n) is 11.6. The van der Waals surface area contributed by atoms with Gasteiger partial charge in [0.15, 0.2) is 11.4 Å². The van der Waals surface area contributed by atoms with Crippen molar-refractivity contribution in [3.05, 3.63) is 45.7 Å². The Hall–Kier alpha value is -3.17. The van der Waals surface area contributed by atoms with E-state index in [1.54, 1.807) is 14.1 Å². The van der Waals surface area contributed by atoms with E-state index in [9.17, 15) is 34.8 Å². The molecule has 1 aromatic carbocycles. The van der Waals surface area contributed by atoms with E-state index >= 15 is 0 Å². The molecule has 0 spiro atoms. The summed E-state index contributed by atoms with van der Waals surface area (Å²) in [5.41, 5.74) is 3.64. The molecule has 0 radical (unpaired) electrons. The number of carbonyl (C=O) groups is 3. The molecule has 3 aliphatic carbocycles. The summed E-state index contributed by atoms with van der Waals surface area (Å²) in [5.74, 6) is -6.39. The number of phenols is 1. The monoisotopic (exact) mass is 498 g/mol. The van der Waals surface area contributed by atoms with Gasteiger partial charge in [-0.1, -0.05) is 26.8 Å². The summed E-state index contributed by atoms with van der Waals surface area (Å²) in [5, 5.41) is 44.4. The van der Waals surface area contributed by atoms with Crippen molar-refractivity contribution >= 4 is 23.2 Å². The summed E-state index contributed by atoms with van der Waals surface area (Å²) in [7, 11) is 3.16. The first kappa shape index (κ1) is 25.9. The largest absolute Gasteiger partial charge is 0.508 e. The number of hydrogen-bond donors (Lipinski definition) is 5. The SMILES string of the molecule is CN(C)[C@@H]1C(=O)C(C(N)=O)=C(O)[C@@]2(O)C(=O)C3=C(O)c4c(O)ccc(CCC(C)(C)C)c4C[C@H]3C[C@@H]12. The van der Waals surface area contributed by atoms with E-state index in [2.05, 4.69) is 20.8 Å². The van der Waals surface area contributed by atoms with Crippen LogP contribution in [0.4, 0.5) is 0 Å². The molecule has 9 heteroatoms. The average molecular weight is 499 g/mol. The Morgan fingerprint density at radius 1 is 1.17 bits per heavy atom. The number of nitrogens with two attached hydrogens (primary N) is 1. The lowest BCUT2D eigenvalue weighted by Crippen LogP contribution is -2.65. The molecule has 0 aliphatic heterocycles. The number of benzene rings is 1. The van der Waals surface area contributed by atoms with Gasteiger partial charge in [-0.3, -0.25) is 19.3 Å². The highest BCUT2D eigenvalue weighted by molar-refractivity contribution is 6.24. The van der Waals surface area contributed by atoms with Gasteiger partial charge in [-0.25, -0.2) is 0 Å². The quantitative estimate of drug-likeness (QED) is 0.394.